The quantitative estimate of drug-likeness (QED) is 0.925. The van der Waals surface area contributed by atoms with Gasteiger partial charge in [0.05, 0.1) is 11.5 Å². The first-order chi connectivity index (χ1) is 8.43. The summed E-state index contributed by atoms with van der Waals surface area (Å²) in [6.45, 7) is 7.17. The molecule has 2 unspecified atom stereocenters. The third-order valence-corrected chi connectivity index (χ3v) is 6.55. The Morgan fingerprint density at radius 2 is 2.22 bits per heavy atom. The van der Waals surface area contributed by atoms with Gasteiger partial charge in [-0.2, -0.15) is 0 Å². The van der Waals surface area contributed by atoms with E-state index in [1.54, 1.807) is 11.3 Å². The first-order valence-corrected chi connectivity index (χ1v) is 9.07. The predicted molar refractivity (Wildman–Crippen MR) is 77.0 cm³/mol. The van der Waals surface area contributed by atoms with E-state index in [2.05, 4.69) is 32.2 Å². The van der Waals surface area contributed by atoms with E-state index in [-0.39, 0.29) is 12.0 Å². The zero-order valence-electron chi connectivity index (χ0n) is 11.2. The Balaban J connectivity index is 2.26. The summed E-state index contributed by atoms with van der Waals surface area (Å²) in [7, 11) is -2.81. The second kappa shape index (κ2) is 5.31. The number of nitrogens with one attached hydrogen (secondary N) is 1. The van der Waals surface area contributed by atoms with Crippen LogP contribution < -0.4 is 5.32 Å². The van der Waals surface area contributed by atoms with E-state index in [4.69, 9.17) is 0 Å². The van der Waals surface area contributed by atoms with Gasteiger partial charge in [0.15, 0.2) is 9.84 Å². The predicted octanol–water partition coefficient (Wildman–Crippen LogP) is 2.45. The molecule has 18 heavy (non-hydrogen) atoms. The molecule has 0 saturated carbocycles. The van der Waals surface area contributed by atoms with Crippen LogP contribution >= 0.6 is 11.3 Å². The van der Waals surface area contributed by atoms with E-state index < -0.39 is 9.84 Å². The minimum absolute atomic E-state index is 0.200. The molecule has 0 amide bonds. The summed E-state index contributed by atoms with van der Waals surface area (Å²) in [5, 5.41) is 3.48. The van der Waals surface area contributed by atoms with Crippen LogP contribution in [0.4, 0.5) is 0 Å². The summed E-state index contributed by atoms with van der Waals surface area (Å²) in [5.74, 6) is 0.913. The molecule has 1 N–H and O–H groups in total. The van der Waals surface area contributed by atoms with Crippen molar-refractivity contribution < 1.29 is 8.42 Å². The summed E-state index contributed by atoms with van der Waals surface area (Å²) < 4.78 is 23.3. The number of thiophene rings is 1. The highest BCUT2D eigenvalue weighted by Crippen LogP contribution is 2.36. The number of rotatable bonds is 4. The van der Waals surface area contributed by atoms with E-state index in [0.717, 1.165) is 13.0 Å². The molecule has 0 spiro atoms. The Morgan fingerprint density at radius 1 is 1.50 bits per heavy atom. The van der Waals surface area contributed by atoms with Crippen LogP contribution in [0.2, 0.25) is 0 Å². The molecule has 1 fully saturated rings. The monoisotopic (exact) mass is 287 g/mol. The molecule has 102 valence electrons. The van der Waals surface area contributed by atoms with Gasteiger partial charge < -0.3 is 5.32 Å². The highest BCUT2D eigenvalue weighted by atomic mass is 32.2. The van der Waals surface area contributed by atoms with Gasteiger partial charge in [-0.1, -0.05) is 6.92 Å². The summed E-state index contributed by atoms with van der Waals surface area (Å²) in [6.07, 6.45) is 0.788. The van der Waals surface area contributed by atoms with Crippen molar-refractivity contribution in [1.29, 1.82) is 0 Å². The van der Waals surface area contributed by atoms with Gasteiger partial charge in [0.25, 0.3) is 0 Å². The van der Waals surface area contributed by atoms with Gasteiger partial charge in [-0.25, -0.2) is 8.42 Å². The van der Waals surface area contributed by atoms with Crippen LogP contribution in [0, 0.1) is 19.8 Å². The maximum atomic E-state index is 11.6. The molecule has 0 bridgehead atoms. The molecule has 1 aliphatic heterocycles. The van der Waals surface area contributed by atoms with Crippen molar-refractivity contribution in [2.24, 2.45) is 5.92 Å². The lowest BCUT2D eigenvalue weighted by Gasteiger charge is -2.23. The van der Waals surface area contributed by atoms with Crippen molar-refractivity contribution >= 4 is 21.2 Å². The average molecular weight is 287 g/mol. The fourth-order valence-corrected chi connectivity index (χ4v) is 5.79. The normalized spacial score (nSPS) is 24.3. The Kier molecular flexibility index (Phi) is 4.14. The molecule has 2 atom stereocenters. The highest BCUT2D eigenvalue weighted by molar-refractivity contribution is 7.91. The zero-order valence-corrected chi connectivity index (χ0v) is 12.8. The number of aryl methyl sites for hydroxylation is 2. The van der Waals surface area contributed by atoms with Gasteiger partial charge in [0.2, 0.25) is 0 Å². The molecule has 2 rings (SSSR count). The fourth-order valence-electron chi connectivity index (χ4n) is 2.75. The summed E-state index contributed by atoms with van der Waals surface area (Å²) in [4.78, 5) is 2.61. The van der Waals surface area contributed by atoms with Gasteiger partial charge in [-0.3, -0.25) is 0 Å². The number of hydrogen-bond donors (Lipinski definition) is 1. The van der Waals surface area contributed by atoms with Crippen LogP contribution in [0.15, 0.2) is 6.07 Å². The van der Waals surface area contributed by atoms with Crippen LogP contribution in [0.5, 0.6) is 0 Å². The van der Waals surface area contributed by atoms with Gasteiger partial charge >= 0.3 is 0 Å². The largest absolute Gasteiger partial charge is 0.309 e. The molecular weight excluding hydrogens is 266 g/mol. The van der Waals surface area contributed by atoms with E-state index in [9.17, 15) is 8.42 Å². The molecule has 0 aromatic carbocycles. The van der Waals surface area contributed by atoms with Crippen LogP contribution in [-0.4, -0.2) is 26.5 Å². The standard InChI is InChI=1S/C13H21NO2S2/c1-4-14-12(11-5-6-18(15,16)8-11)13-9(2)7-10(3)17-13/h7,11-12,14H,4-6,8H2,1-3H3. The van der Waals surface area contributed by atoms with Crippen molar-refractivity contribution in [2.75, 3.05) is 18.1 Å². The van der Waals surface area contributed by atoms with E-state index in [1.165, 1.54) is 15.3 Å². The molecular formula is C13H21NO2S2. The van der Waals surface area contributed by atoms with Gasteiger partial charge in [0.1, 0.15) is 0 Å². The van der Waals surface area contributed by atoms with Gasteiger partial charge in [0, 0.05) is 15.8 Å². The average Bonchev–Trinajstić information content (AvgIpc) is 2.78. The molecule has 0 radical (unpaired) electrons. The summed E-state index contributed by atoms with van der Waals surface area (Å²) in [6, 6.07) is 2.39. The van der Waals surface area contributed by atoms with Crippen molar-refractivity contribution in [2.45, 2.75) is 33.2 Å². The SMILES string of the molecule is CCNC(c1sc(C)cc1C)C1CCS(=O)(=O)C1. The van der Waals surface area contributed by atoms with Gasteiger partial charge in [-0.05, 0) is 44.4 Å². The van der Waals surface area contributed by atoms with E-state index in [0.29, 0.717) is 11.5 Å². The molecule has 1 aromatic heterocycles. The lowest BCUT2D eigenvalue weighted by atomic mass is 9.96. The first-order valence-electron chi connectivity index (χ1n) is 6.43. The molecule has 2 heterocycles. The van der Waals surface area contributed by atoms with Crippen molar-refractivity contribution in [1.82, 2.24) is 5.32 Å². The molecule has 1 aromatic rings. The van der Waals surface area contributed by atoms with Crippen LogP contribution in [0.3, 0.4) is 0 Å². The molecule has 5 heteroatoms. The van der Waals surface area contributed by atoms with E-state index >= 15 is 0 Å². The van der Waals surface area contributed by atoms with Crippen LogP contribution in [0.1, 0.15) is 34.7 Å². The lowest BCUT2D eigenvalue weighted by molar-refractivity contribution is 0.404. The smallest absolute Gasteiger partial charge is 0.150 e. The Morgan fingerprint density at radius 3 is 2.67 bits per heavy atom. The second-order valence-electron chi connectivity index (χ2n) is 5.10. The fraction of sp³-hybridized carbons (Fsp3) is 0.692. The highest BCUT2D eigenvalue weighted by Gasteiger charge is 2.35. The van der Waals surface area contributed by atoms with E-state index in [1.807, 2.05) is 0 Å². The topological polar surface area (TPSA) is 46.2 Å². The Hall–Kier alpha value is -0.390. The second-order valence-corrected chi connectivity index (χ2v) is 8.62. The van der Waals surface area contributed by atoms with Crippen molar-refractivity contribution in [3.8, 4) is 0 Å². The van der Waals surface area contributed by atoms with Crippen LogP contribution in [0.25, 0.3) is 0 Å². The minimum atomic E-state index is -2.81. The minimum Gasteiger partial charge on any atom is -0.309 e. The maximum absolute atomic E-state index is 11.6. The van der Waals surface area contributed by atoms with Crippen molar-refractivity contribution in [3.05, 3.63) is 21.4 Å². The third-order valence-electron chi connectivity index (χ3n) is 3.52. The number of hydrogen-bond acceptors (Lipinski definition) is 4. The first kappa shape index (κ1) is 14.0. The summed E-state index contributed by atoms with van der Waals surface area (Å²) >= 11 is 1.79. The zero-order chi connectivity index (χ0) is 13.3. The van der Waals surface area contributed by atoms with Crippen LogP contribution in [-0.2, 0) is 9.84 Å². The molecule has 1 saturated heterocycles. The molecule has 1 aliphatic rings. The lowest BCUT2D eigenvalue weighted by Crippen LogP contribution is -2.28. The third kappa shape index (κ3) is 2.95. The van der Waals surface area contributed by atoms with Gasteiger partial charge in [-0.15, -0.1) is 11.3 Å². The Labute approximate surface area is 114 Å². The number of sulfone groups is 1. The molecule has 0 aliphatic carbocycles. The Bertz CT molecular complexity index is 519. The summed E-state index contributed by atoms with van der Waals surface area (Å²) in [5.41, 5.74) is 1.28. The molecule has 3 nitrogen and oxygen atoms in total. The maximum Gasteiger partial charge on any atom is 0.150 e. The van der Waals surface area contributed by atoms with Crippen molar-refractivity contribution in [3.63, 3.8) is 0 Å².